The summed E-state index contributed by atoms with van der Waals surface area (Å²) in [5.41, 5.74) is 1.48. The average molecular weight is 485 g/mol. The predicted molar refractivity (Wildman–Crippen MR) is 141 cm³/mol. The minimum Gasteiger partial charge on any atom is -0.504 e. The van der Waals surface area contributed by atoms with E-state index in [9.17, 15) is 15.0 Å². The molecule has 0 amide bonds. The number of aliphatic hydroxyl groups excluding tert-OH is 1. The molecule has 0 unspecified atom stereocenters. The number of hydrogen-bond donors (Lipinski definition) is 2. The molecule has 1 aromatic rings. The van der Waals surface area contributed by atoms with Crippen molar-refractivity contribution < 1.29 is 19.7 Å². The summed E-state index contributed by atoms with van der Waals surface area (Å²) in [4.78, 5) is 12.5. The lowest BCUT2D eigenvalue weighted by Gasteiger charge is -2.38. The Morgan fingerprint density at radius 1 is 1.00 bits per heavy atom. The van der Waals surface area contributed by atoms with Crippen molar-refractivity contribution in [2.45, 2.75) is 141 Å². The number of benzene rings is 1. The number of unbranched alkanes of at least 4 members (excludes halogenated alkanes) is 1. The highest BCUT2D eigenvalue weighted by Crippen LogP contribution is 2.49. The molecule has 0 heterocycles. The molecule has 0 bridgehead atoms. The van der Waals surface area contributed by atoms with Crippen LogP contribution in [0.3, 0.4) is 0 Å². The molecule has 0 aliphatic heterocycles. The number of carbonyl (C=O) groups excluding carboxylic acids is 1. The zero-order chi connectivity index (χ0) is 24.5. The van der Waals surface area contributed by atoms with Crippen LogP contribution < -0.4 is 4.74 Å². The van der Waals surface area contributed by atoms with Crippen LogP contribution in [0.15, 0.2) is 18.2 Å². The molecule has 0 radical (unpaired) electrons. The molecular weight excluding hydrogens is 436 g/mol. The number of carbonyl (C=O) groups is 1. The Kier molecular flexibility index (Phi) is 9.94. The van der Waals surface area contributed by atoms with Crippen LogP contribution in [0.25, 0.3) is 0 Å². The fourth-order valence-corrected chi connectivity index (χ4v) is 7.10. The van der Waals surface area contributed by atoms with Gasteiger partial charge in [-0.3, -0.25) is 4.79 Å². The summed E-state index contributed by atoms with van der Waals surface area (Å²) in [5.74, 6) is 1.77. The summed E-state index contributed by atoms with van der Waals surface area (Å²) in [6.45, 7) is 0. The predicted octanol–water partition coefficient (Wildman–Crippen LogP) is 7.67. The second-order valence-electron chi connectivity index (χ2n) is 12.0. The zero-order valence-electron chi connectivity index (χ0n) is 21.8. The van der Waals surface area contributed by atoms with Crippen molar-refractivity contribution in [1.82, 2.24) is 0 Å². The number of hydrogen-bond acceptors (Lipinski definition) is 4. The lowest BCUT2D eigenvalue weighted by molar-refractivity contribution is -0.121. The number of ketones is 1. The molecule has 3 fully saturated rings. The second kappa shape index (κ2) is 13.1. The maximum atomic E-state index is 12.5. The first kappa shape index (κ1) is 26.5. The highest BCUT2D eigenvalue weighted by Gasteiger charge is 2.39. The van der Waals surface area contributed by atoms with Gasteiger partial charge in [0, 0.05) is 12.8 Å². The fourth-order valence-electron chi connectivity index (χ4n) is 7.10. The van der Waals surface area contributed by atoms with Gasteiger partial charge in [0.25, 0.3) is 0 Å². The van der Waals surface area contributed by atoms with Crippen LogP contribution in [-0.2, 0) is 11.2 Å². The van der Waals surface area contributed by atoms with E-state index in [2.05, 4.69) is 0 Å². The monoisotopic (exact) mass is 484 g/mol. The number of aryl methyl sites for hydroxylation is 1. The van der Waals surface area contributed by atoms with E-state index in [1.807, 2.05) is 12.1 Å². The molecule has 3 aliphatic carbocycles. The quantitative estimate of drug-likeness (QED) is 0.299. The lowest BCUT2D eigenvalue weighted by atomic mass is 9.72. The van der Waals surface area contributed by atoms with Crippen molar-refractivity contribution in [3.63, 3.8) is 0 Å². The van der Waals surface area contributed by atoms with Crippen molar-refractivity contribution in [3.05, 3.63) is 23.8 Å². The first-order valence-corrected chi connectivity index (χ1v) is 14.7. The van der Waals surface area contributed by atoms with Gasteiger partial charge in [-0.1, -0.05) is 70.3 Å². The SMILES string of the molecule is O=C(CCc1ccc(O)c(O[C@H]2CCCC3(CCCC3)C2)c1)C[C@H](O)CCCCC1CCCCC1. The fraction of sp³-hybridized carbons (Fsp3) is 0.774. The van der Waals surface area contributed by atoms with E-state index < -0.39 is 6.10 Å². The van der Waals surface area contributed by atoms with E-state index in [0.29, 0.717) is 24.0 Å². The number of Topliss-reactive ketones (excluding diaryl/α,β-unsaturated/α-hetero) is 1. The molecule has 4 rings (SSSR count). The average Bonchev–Trinajstić information content (AvgIpc) is 3.30. The number of aromatic hydroxyl groups is 1. The minimum atomic E-state index is -0.512. The molecule has 0 saturated heterocycles. The third kappa shape index (κ3) is 8.23. The number of phenols is 1. The normalized spacial score (nSPS) is 23.4. The van der Waals surface area contributed by atoms with Gasteiger partial charge in [-0.25, -0.2) is 0 Å². The summed E-state index contributed by atoms with van der Waals surface area (Å²) in [6.07, 6.45) is 22.2. The van der Waals surface area contributed by atoms with Crippen molar-refractivity contribution in [2.24, 2.45) is 11.3 Å². The summed E-state index contributed by atoms with van der Waals surface area (Å²) in [7, 11) is 0. The van der Waals surface area contributed by atoms with Gasteiger partial charge in [-0.05, 0) is 80.4 Å². The van der Waals surface area contributed by atoms with Crippen LogP contribution in [0.2, 0.25) is 0 Å². The van der Waals surface area contributed by atoms with Crippen LogP contribution in [0.1, 0.15) is 128 Å². The van der Waals surface area contributed by atoms with Gasteiger partial charge in [-0.15, -0.1) is 0 Å². The van der Waals surface area contributed by atoms with Crippen LogP contribution in [-0.4, -0.2) is 28.2 Å². The maximum Gasteiger partial charge on any atom is 0.161 e. The maximum absolute atomic E-state index is 12.5. The third-order valence-corrected chi connectivity index (χ3v) is 9.16. The molecule has 4 nitrogen and oxygen atoms in total. The van der Waals surface area contributed by atoms with Crippen LogP contribution in [0.5, 0.6) is 11.5 Å². The van der Waals surface area contributed by atoms with Crippen LogP contribution in [0.4, 0.5) is 0 Å². The largest absolute Gasteiger partial charge is 0.504 e. The first-order valence-electron chi connectivity index (χ1n) is 14.7. The van der Waals surface area contributed by atoms with Crippen molar-refractivity contribution >= 4 is 5.78 Å². The molecular formula is C31H48O4. The molecule has 3 aliphatic rings. The second-order valence-corrected chi connectivity index (χ2v) is 12.0. The van der Waals surface area contributed by atoms with Crippen LogP contribution >= 0.6 is 0 Å². The molecule has 2 atom stereocenters. The Labute approximate surface area is 212 Å². The summed E-state index contributed by atoms with van der Waals surface area (Å²) in [6, 6.07) is 5.50. The topological polar surface area (TPSA) is 66.8 Å². The van der Waals surface area contributed by atoms with Gasteiger partial charge in [0.1, 0.15) is 5.78 Å². The van der Waals surface area contributed by atoms with Crippen LogP contribution in [0, 0.1) is 11.3 Å². The molecule has 2 N–H and O–H groups in total. The van der Waals surface area contributed by atoms with E-state index in [4.69, 9.17) is 4.74 Å². The lowest BCUT2D eigenvalue weighted by Crippen LogP contribution is -2.32. The molecule has 1 aromatic carbocycles. The molecule has 3 saturated carbocycles. The third-order valence-electron chi connectivity index (χ3n) is 9.16. The summed E-state index contributed by atoms with van der Waals surface area (Å²) in [5, 5.41) is 20.7. The van der Waals surface area contributed by atoms with Crippen molar-refractivity contribution in [3.8, 4) is 11.5 Å². The Hall–Kier alpha value is -1.55. The van der Waals surface area contributed by atoms with Gasteiger partial charge < -0.3 is 14.9 Å². The molecule has 0 aromatic heterocycles. The van der Waals surface area contributed by atoms with Gasteiger partial charge in [0.15, 0.2) is 11.5 Å². The molecule has 196 valence electrons. The van der Waals surface area contributed by atoms with E-state index in [1.165, 1.54) is 83.5 Å². The zero-order valence-corrected chi connectivity index (χ0v) is 21.8. The van der Waals surface area contributed by atoms with E-state index in [-0.39, 0.29) is 24.1 Å². The van der Waals surface area contributed by atoms with Gasteiger partial charge in [0.2, 0.25) is 0 Å². The molecule has 1 spiro atoms. The van der Waals surface area contributed by atoms with Gasteiger partial charge in [-0.2, -0.15) is 0 Å². The number of aliphatic hydroxyl groups is 1. The van der Waals surface area contributed by atoms with E-state index >= 15 is 0 Å². The number of ether oxygens (including phenoxy) is 1. The Morgan fingerprint density at radius 2 is 1.77 bits per heavy atom. The minimum absolute atomic E-state index is 0.121. The van der Waals surface area contributed by atoms with Gasteiger partial charge >= 0.3 is 0 Å². The molecule has 35 heavy (non-hydrogen) atoms. The van der Waals surface area contributed by atoms with E-state index in [1.54, 1.807) is 6.07 Å². The van der Waals surface area contributed by atoms with Crippen molar-refractivity contribution in [1.29, 1.82) is 0 Å². The molecule has 4 heteroatoms. The Morgan fingerprint density at radius 3 is 2.57 bits per heavy atom. The van der Waals surface area contributed by atoms with Crippen molar-refractivity contribution in [2.75, 3.05) is 0 Å². The first-order chi connectivity index (χ1) is 17.0. The highest BCUT2D eigenvalue weighted by atomic mass is 16.5. The van der Waals surface area contributed by atoms with E-state index in [0.717, 1.165) is 37.2 Å². The standard InChI is InChI=1S/C31H48O4/c32-26(12-5-4-11-24-9-2-1-3-10-24)22-27(33)16-14-25-15-17-29(34)30(21-25)35-28-13-8-20-31(23-28)18-6-7-19-31/h15,17,21,24,26,28,32,34H,1-14,16,18-20,22-23H2/t26-,28+/m1/s1. The highest BCUT2D eigenvalue weighted by molar-refractivity contribution is 5.79. The number of phenolic OH excluding ortho intramolecular Hbond substituents is 1. The smallest absolute Gasteiger partial charge is 0.161 e. The van der Waals surface area contributed by atoms with Gasteiger partial charge in [0.05, 0.1) is 12.2 Å². The Balaban J connectivity index is 1.16. The summed E-state index contributed by atoms with van der Waals surface area (Å²) < 4.78 is 6.31. The Bertz CT molecular complexity index is 791. The number of rotatable bonds is 12. The summed E-state index contributed by atoms with van der Waals surface area (Å²) >= 11 is 0.